The molecule has 0 radical (unpaired) electrons. The maximum atomic E-state index is 12.2. The van der Waals surface area contributed by atoms with E-state index >= 15 is 0 Å². The smallest absolute Gasteiger partial charge is 0.406 e. The Morgan fingerprint density at radius 1 is 0.897 bits per heavy atom. The van der Waals surface area contributed by atoms with Crippen LogP contribution in [0.25, 0.3) is 0 Å². The van der Waals surface area contributed by atoms with Gasteiger partial charge in [-0.05, 0) is 37.1 Å². The van der Waals surface area contributed by atoms with E-state index in [-0.39, 0.29) is 24.1 Å². The van der Waals surface area contributed by atoms with Crippen LogP contribution in [0.15, 0.2) is 24.3 Å². The van der Waals surface area contributed by atoms with Gasteiger partial charge < -0.3 is 15.0 Å². The van der Waals surface area contributed by atoms with E-state index in [1.165, 1.54) is 12.1 Å². The van der Waals surface area contributed by atoms with E-state index < -0.39 is 6.36 Å². The highest BCUT2D eigenvalue weighted by Gasteiger charge is 2.31. The third-order valence-electron chi connectivity index (χ3n) is 5.02. The van der Waals surface area contributed by atoms with Gasteiger partial charge in [0.25, 0.3) is 0 Å². The number of halogens is 3. The molecule has 0 unspecified atom stereocenters. The van der Waals surface area contributed by atoms with Gasteiger partial charge in [0, 0.05) is 45.0 Å². The molecule has 2 heterocycles. The van der Waals surface area contributed by atoms with Crippen LogP contribution in [0.2, 0.25) is 0 Å². The van der Waals surface area contributed by atoms with Crippen molar-refractivity contribution in [2.45, 2.75) is 19.2 Å². The Morgan fingerprint density at radius 2 is 1.45 bits per heavy atom. The van der Waals surface area contributed by atoms with Crippen LogP contribution >= 0.6 is 0 Å². The van der Waals surface area contributed by atoms with Crippen LogP contribution in [0.5, 0.6) is 5.75 Å². The van der Waals surface area contributed by atoms with Crippen LogP contribution in [-0.4, -0.2) is 85.2 Å². The fourth-order valence-corrected chi connectivity index (χ4v) is 3.51. The van der Waals surface area contributed by atoms with Gasteiger partial charge in [-0.15, -0.1) is 13.2 Å². The molecule has 2 fully saturated rings. The van der Waals surface area contributed by atoms with Gasteiger partial charge in [0.15, 0.2) is 0 Å². The second-order valence-corrected chi connectivity index (χ2v) is 7.26. The lowest BCUT2D eigenvalue weighted by Crippen LogP contribution is -2.51. The summed E-state index contributed by atoms with van der Waals surface area (Å²) in [5, 5.41) is 2.67. The first-order chi connectivity index (χ1) is 13.8. The minimum Gasteiger partial charge on any atom is -0.406 e. The number of hydrogen-bond donors (Lipinski definition) is 1. The Morgan fingerprint density at radius 3 is 2.00 bits per heavy atom. The van der Waals surface area contributed by atoms with Crippen LogP contribution in [0.3, 0.4) is 0 Å². The van der Waals surface area contributed by atoms with Crippen LogP contribution in [-0.2, 0) is 9.59 Å². The normalized spacial score (nSPS) is 18.7. The van der Waals surface area contributed by atoms with Crippen LogP contribution < -0.4 is 10.1 Å². The number of benzene rings is 1. The van der Waals surface area contributed by atoms with Crippen molar-refractivity contribution in [3.63, 3.8) is 0 Å². The zero-order valence-electron chi connectivity index (χ0n) is 16.1. The largest absolute Gasteiger partial charge is 0.573 e. The molecule has 0 aliphatic carbocycles. The maximum absolute atomic E-state index is 12.2. The Kier molecular flexibility index (Phi) is 6.96. The van der Waals surface area contributed by atoms with Crippen LogP contribution in [0.1, 0.15) is 12.8 Å². The van der Waals surface area contributed by atoms with E-state index in [1.54, 1.807) is 0 Å². The minimum atomic E-state index is -4.74. The Bertz CT molecular complexity index is 698. The van der Waals surface area contributed by atoms with Crippen LogP contribution in [0.4, 0.5) is 18.9 Å². The molecule has 10 heteroatoms. The van der Waals surface area contributed by atoms with E-state index in [0.29, 0.717) is 25.3 Å². The number of piperazine rings is 1. The standard InChI is InChI=1S/C19H25F3N4O3/c20-19(21,22)29-16-5-3-15(4-6-16)23-17(27)13-24-9-11-25(12-10-24)14-18(28)26-7-1-2-8-26/h3-6H,1-2,7-14H2,(H,23,27). The molecule has 29 heavy (non-hydrogen) atoms. The highest BCUT2D eigenvalue weighted by molar-refractivity contribution is 5.92. The molecule has 0 aromatic heterocycles. The van der Waals surface area contributed by atoms with Crippen LogP contribution in [0, 0.1) is 0 Å². The molecular weight excluding hydrogens is 389 g/mol. The number of nitrogens with one attached hydrogen (secondary N) is 1. The van der Waals surface area contributed by atoms with Gasteiger partial charge in [-0.25, -0.2) is 0 Å². The van der Waals surface area contributed by atoms with Gasteiger partial charge in [0.05, 0.1) is 13.1 Å². The van der Waals surface area contributed by atoms with Gasteiger partial charge >= 0.3 is 6.36 Å². The highest BCUT2D eigenvalue weighted by atomic mass is 19.4. The van der Waals surface area contributed by atoms with Gasteiger partial charge in [-0.3, -0.25) is 19.4 Å². The van der Waals surface area contributed by atoms with Crippen molar-refractivity contribution in [3.8, 4) is 5.75 Å². The molecule has 2 saturated heterocycles. The van der Waals surface area contributed by atoms with Gasteiger partial charge in [0.2, 0.25) is 11.8 Å². The number of carbonyl (C=O) groups is 2. The number of amides is 2. The number of nitrogens with zero attached hydrogens (tertiary/aromatic N) is 3. The first-order valence-corrected chi connectivity index (χ1v) is 9.67. The summed E-state index contributed by atoms with van der Waals surface area (Å²) in [6.45, 7) is 5.11. The molecule has 1 aromatic carbocycles. The van der Waals surface area contributed by atoms with Crippen molar-refractivity contribution in [1.82, 2.24) is 14.7 Å². The molecule has 1 N–H and O–H groups in total. The topological polar surface area (TPSA) is 65.1 Å². The first-order valence-electron chi connectivity index (χ1n) is 9.67. The summed E-state index contributed by atoms with van der Waals surface area (Å²) in [7, 11) is 0. The molecule has 1 aromatic rings. The number of hydrogen-bond acceptors (Lipinski definition) is 5. The molecule has 3 rings (SSSR count). The molecule has 0 atom stereocenters. The molecule has 2 amide bonds. The van der Waals surface area contributed by atoms with Gasteiger partial charge in [0.1, 0.15) is 5.75 Å². The molecule has 2 aliphatic rings. The molecule has 0 saturated carbocycles. The predicted molar refractivity (Wildman–Crippen MR) is 100 cm³/mol. The molecule has 160 valence electrons. The highest BCUT2D eigenvalue weighted by Crippen LogP contribution is 2.24. The fraction of sp³-hybridized carbons (Fsp3) is 0.579. The van der Waals surface area contributed by atoms with Crippen molar-refractivity contribution >= 4 is 17.5 Å². The van der Waals surface area contributed by atoms with E-state index in [1.807, 2.05) is 9.80 Å². The summed E-state index contributed by atoms with van der Waals surface area (Å²) < 4.78 is 40.3. The van der Waals surface area contributed by atoms with Gasteiger partial charge in [-0.1, -0.05) is 0 Å². The molecule has 0 spiro atoms. The lowest BCUT2D eigenvalue weighted by Gasteiger charge is -2.34. The first kappa shape index (κ1) is 21.4. The Hall–Kier alpha value is -2.33. The second-order valence-electron chi connectivity index (χ2n) is 7.26. The number of alkyl halides is 3. The van der Waals surface area contributed by atoms with Crippen molar-refractivity contribution < 1.29 is 27.5 Å². The summed E-state index contributed by atoms with van der Waals surface area (Å²) in [5.74, 6) is -0.405. The summed E-state index contributed by atoms with van der Waals surface area (Å²) in [6.07, 6.45) is -2.59. The molecule has 7 nitrogen and oxygen atoms in total. The van der Waals surface area contributed by atoms with Gasteiger partial charge in [-0.2, -0.15) is 0 Å². The molecule has 0 bridgehead atoms. The summed E-state index contributed by atoms with van der Waals surface area (Å²) in [5.41, 5.74) is 0.402. The minimum absolute atomic E-state index is 0.173. The van der Waals surface area contributed by atoms with E-state index in [9.17, 15) is 22.8 Å². The number of rotatable bonds is 6. The van der Waals surface area contributed by atoms with Crippen molar-refractivity contribution in [3.05, 3.63) is 24.3 Å². The number of carbonyl (C=O) groups excluding carboxylic acids is 2. The fourth-order valence-electron chi connectivity index (χ4n) is 3.51. The van der Waals surface area contributed by atoms with E-state index in [4.69, 9.17) is 0 Å². The Balaban J connectivity index is 1.37. The Labute approximate surface area is 167 Å². The number of likely N-dealkylation sites (tertiary alicyclic amines) is 1. The zero-order valence-corrected chi connectivity index (χ0v) is 16.1. The average molecular weight is 414 g/mol. The summed E-state index contributed by atoms with van der Waals surface area (Å²) in [6, 6.07) is 5.03. The summed E-state index contributed by atoms with van der Waals surface area (Å²) in [4.78, 5) is 30.4. The zero-order chi connectivity index (χ0) is 20.9. The quantitative estimate of drug-likeness (QED) is 0.769. The molecular formula is C19H25F3N4O3. The average Bonchev–Trinajstić information content (AvgIpc) is 3.19. The monoisotopic (exact) mass is 414 g/mol. The SMILES string of the molecule is O=C(CN1CCN(CC(=O)N2CCCC2)CC1)Nc1ccc(OC(F)(F)F)cc1. The lowest BCUT2D eigenvalue weighted by atomic mass is 10.2. The third-order valence-corrected chi connectivity index (χ3v) is 5.02. The third kappa shape index (κ3) is 6.90. The summed E-state index contributed by atoms with van der Waals surface area (Å²) >= 11 is 0. The molecule has 2 aliphatic heterocycles. The number of ether oxygens (including phenoxy) is 1. The predicted octanol–water partition coefficient (Wildman–Crippen LogP) is 1.76. The van der Waals surface area contributed by atoms with Crippen molar-refractivity contribution in [2.75, 3.05) is 57.7 Å². The maximum Gasteiger partial charge on any atom is 0.573 e. The van der Waals surface area contributed by atoms with Crippen molar-refractivity contribution in [2.24, 2.45) is 0 Å². The van der Waals surface area contributed by atoms with Crippen molar-refractivity contribution in [1.29, 1.82) is 0 Å². The second kappa shape index (κ2) is 9.45. The number of anilines is 1. The lowest BCUT2D eigenvalue weighted by molar-refractivity contribution is -0.274. The van der Waals surface area contributed by atoms with E-state index in [2.05, 4.69) is 15.0 Å². The van der Waals surface area contributed by atoms with E-state index in [0.717, 1.165) is 51.2 Å².